The largest absolute Gasteiger partial charge is 0.352 e. The van der Waals surface area contributed by atoms with E-state index in [9.17, 15) is 4.79 Å². The first-order valence-corrected chi connectivity index (χ1v) is 7.05. The monoisotopic (exact) mass is 243 g/mol. The van der Waals surface area contributed by atoms with Crippen LogP contribution in [-0.4, -0.2) is 23.5 Å². The van der Waals surface area contributed by atoms with Gasteiger partial charge >= 0.3 is 0 Å². The zero-order chi connectivity index (χ0) is 12.6. The molecule has 3 heteroatoms. The highest BCUT2D eigenvalue weighted by atomic mass is 32.2. The van der Waals surface area contributed by atoms with Crippen molar-refractivity contribution >= 4 is 17.7 Å². The summed E-state index contributed by atoms with van der Waals surface area (Å²) in [6.45, 7) is 11.3. The van der Waals surface area contributed by atoms with Crippen LogP contribution in [0.15, 0.2) is 11.1 Å². The summed E-state index contributed by atoms with van der Waals surface area (Å²) in [5.41, 5.74) is 2.66. The number of carbonyl (C=O) groups is 1. The molecule has 0 bridgehead atoms. The molecule has 0 aromatic rings. The number of allylic oxidation sites excluding steroid dienone is 1. The number of carbonyl (C=O) groups excluding carboxylic acids is 1. The van der Waals surface area contributed by atoms with E-state index >= 15 is 0 Å². The Hall–Kier alpha value is -0.440. The van der Waals surface area contributed by atoms with Crippen LogP contribution in [0.4, 0.5) is 0 Å². The molecule has 0 atom stereocenters. The Bertz CT molecular complexity index is 242. The summed E-state index contributed by atoms with van der Waals surface area (Å²) in [4.78, 5) is 11.5. The Morgan fingerprint density at radius 3 is 2.38 bits per heavy atom. The molecule has 0 heterocycles. The molecule has 0 unspecified atom stereocenters. The third kappa shape index (κ3) is 7.80. The predicted octanol–water partition coefficient (Wildman–Crippen LogP) is 3.38. The Kier molecular flexibility index (Phi) is 8.44. The van der Waals surface area contributed by atoms with Crippen LogP contribution in [0.25, 0.3) is 0 Å². The topological polar surface area (TPSA) is 29.1 Å². The van der Waals surface area contributed by atoms with Gasteiger partial charge in [0.1, 0.15) is 0 Å². The minimum Gasteiger partial charge on any atom is -0.352 e. The van der Waals surface area contributed by atoms with E-state index in [1.54, 1.807) is 0 Å². The minimum atomic E-state index is 0.167. The number of thioether (sulfide) groups is 1. The van der Waals surface area contributed by atoms with Gasteiger partial charge in [-0.15, -0.1) is 0 Å². The zero-order valence-corrected chi connectivity index (χ0v) is 12.0. The lowest BCUT2D eigenvalue weighted by Crippen LogP contribution is -2.26. The van der Waals surface area contributed by atoms with Crippen LogP contribution in [0.2, 0.25) is 0 Å². The summed E-state index contributed by atoms with van der Waals surface area (Å²) in [5, 5.41) is 3.59. The van der Waals surface area contributed by atoms with Gasteiger partial charge in [0.25, 0.3) is 0 Å². The van der Waals surface area contributed by atoms with Gasteiger partial charge in [-0.2, -0.15) is 11.8 Å². The number of hydrogen-bond donors (Lipinski definition) is 1. The second-order valence-electron chi connectivity index (χ2n) is 4.40. The Balaban J connectivity index is 3.77. The number of amides is 1. The fraction of sp³-hybridized carbons (Fsp3) is 0.769. The molecule has 0 spiro atoms. The molecule has 1 N–H and O–H groups in total. The van der Waals surface area contributed by atoms with E-state index in [4.69, 9.17) is 0 Å². The van der Waals surface area contributed by atoms with Crippen LogP contribution < -0.4 is 5.32 Å². The van der Waals surface area contributed by atoms with E-state index in [0.29, 0.717) is 18.2 Å². The average molecular weight is 243 g/mol. The summed E-state index contributed by atoms with van der Waals surface area (Å²) in [5.74, 6) is 1.08. The number of nitrogens with one attached hydrogen (secondary N) is 1. The van der Waals surface area contributed by atoms with Crippen molar-refractivity contribution in [2.75, 3.05) is 12.3 Å². The van der Waals surface area contributed by atoms with E-state index in [1.807, 2.05) is 11.8 Å². The molecule has 94 valence electrons. The second kappa shape index (κ2) is 8.68. The SMILES string of the molecule is CCC(CNC(=O)CCSC(C)C)=C(C)C. The van der Waals surface area contributed by atoms with Crippen LogP contribution in [0.5, 0.6) is 0 Å². The first-order chi connectivity index (χ1) is 7.47. The fourth-order valence-electron chi connectivity index (χ4n) is 1.34. The van der Waals surface area contributed by atoms with Crippen molar-refractivity contribution in [2.45, 2.75) is 52.7 Å². The van der Waals surface area contributed by atoms with Crippen LogP contribution in [-0.2, 0) is 4.79 Å². The van der Waals surface area contributed by atoms with Gasteiger partial charge in [0.2, 0.25) is 5.91 Å². The quantitative estimate of drug-likeness (QED) is 0.695. The van der Waals surface area contributed by atoms with Gasteiger partial charge in [-0.3, -0.25) is 4.79 Å². The molecule has 0 aliphatic heterocycles. The van der Waals surface area contributed by atoms with Gasteiger partial charge in [0, 0.05) is 18.7 Å². The van der Waals surface area contributed by atoms with Gasteiger partial charge in [-0.1, -0.05) is 31.9 Å². The van der Waals surface area contributed by atoms with Crippen molar-refractivity contribution < 1.29 is 4.79 Å². The maximum absolute atomic E-state index is 11.5. The molecular weight excluding hydrogens is 218 g/mol. The molecule has 1 amide bonds. The predicted molar refractivity (Wildman–Crippen MR) is 73.9 cm³/mol. The lowest BCUT2D eigenvalue weighted by molar-refractivity contribution is -0.120. The maximum atomic E-state index is 11.5. The summed E-state index contributed by atoms with van der Waals surface area (Å²) >= 11 is 1.83. The third-order valence-electron chi connectivity index (χ3n) is 2.41. The zero-order valence-electron chi connectivity index (χ0n) is 11.2. The Morgan fingerprint density at radius 1 is 1.31 bits per heavy atom. The highest BCUT2D eigenvalue weighted by molar-refractivity contribution is 7.99. The fourth-order valence-corrected chi connectivity index (χ4v) is 2.11. The lowest BCUT2D eigenvalue weighted by atomic mass is 10.1. The molecule has 0 aromatic carbocycles. The van der Waals surface area contributed by atoms with Crippen LogP contribution >= 0.6 is 11.8 Å². The normalized spacial score (nSPS) is 10.4. The lowest BCUT2D eigenvalue weighted by Gasteiger charge is -2.10. The van der Waals surface area contributed by atoms with Crippen LogP contribution in [0.3, 0.4) is 0 Å². The van der Waals surface area contributed by atoms with E-state index < -0.39 is 0 Å². The smallest absolute Gasteiger partial charge is 0.221 e. The van der Waals surface area contributed by atoms with E-state index in [-0.39, 0.29) is 5.91 Å². The van der Waals surface area contributed by atoms with E-state index in [1.165, 1.54) is 11.1 Å². The summed E-state index contributed by atoms with van der Waals surface area (Å²) in [7, 11) is 0. The molecule has 16 heavy (non-hydrogen) atoms. The van der Waals surface area contributed by atoms with Gasteiger partial charge in [0.05, 0.1) is 0 Å². The molecule has 0 rings (SSSR count). The molecule has 0 aromatic heterocycles. The number of rotatable bonds is 7. The maximum Gasteiger partial charge on any atom is 0.221 e. The summed E-state index contributed by atoms with van der Waals surface area (Å²) in [6, 6.07) is 0. The Labute approximate surface area is 104 Å². The summed E-state index contributed by atoms with van der Waals surface area (Å²) in [6.07, 6.45) is 1.64. The first-order valence-electron chi connectivity index (χ1n) is 6.00. The first kappa shape index (κ1) is 15.6. The van der Waals surface area contributed by atoms with Gasteiger partial charge in [-0.25, -0.2) is 0 Å². The highest BCUT2D eigenvalue weighted by Crippen LogP contribution is 2.10. The molecule has 0 aliphatic carbocycles. The molecule has 0 fully saturated rings. The average Bonchev–Trinajstić information content (AvgIpc) is 2.17. The highest BCUT2D eigenvalue weighted by Gasteiger charge is 2.04. The molecule has 0 saturated heterocycles. The molecule has 2 nitrogen and oxygen atoms in total. The van der Waals surface area contributed by atoms with Crippen molar-refractivity contribution in [1.29, 1.82) is 0 Å². The summed E-state index contributed by atoms with van der Waals surface area (Å²) < 4.78 is 0. The minimum absolute atomic E-state index is 0.167. The van der Waals surface area contributed by atoms with Crippen LogP contribution in [0, 0.1) is 0 Å². The third-order valence-corrected chi connectivity index (χ3v) is 3.52. The van der Waals surface area contributed by atoms with Crippen molar-refractivity contribution in [3.8, 4) is 0 Å². The second-order valence-corrected chi connectivity index (χ2v) is 6.09. The molecule has 0 radical (unpaired) electrons. The standard InChI is InChI=1S/C13H25NOS/c1-6-12(10(2)3)9-14-13(15)7-8-16-11(4)5/h11H,6-9H2,1-5H3,(H,14,15). The molecule has 0 saturated carbocycles. The van der Waals surface area contributed by atoms with Crippen LogP contribution in [0.1, 0.15) is 47.5 Å². The van der Waals surface area contributed by atoms with Crippen molar-refractivity contribution in [3.05, 3.63) is 11.1 Å². The van der Waals surface area contributed by atoms with Gasteiger partial charge in [-0.05, 0) is 25.5 Å². The van der Waals surface area contributed by atoms with Gasteiger partial charge < -0.3 is 5.32 Å². The van der Waals surface area contributed by atoms with Crippen molar-refractivity contribution in [1.82, 2.24) is 5.32 Å². The van der Waals surface area contributed by atoms with E-state index in [2.05, 4.69) is 39.9 Å². The van der Waals surface area contributed by atoms with Gasteiger partial charge in [0.15, 0.2) is 0 Å². The van der Waals surface area contributed by atoms with E-state index in [0.717, 1.165) is 12.2 Å². The molecular formula is C13H25NOS. The molecule has 0 aliphatic rings. The van der Waals surface area contributed by atoms with Crippen molar-refractivity contribution in [2.24, 2.45) is 0 Å². The van der Waals surface area contributed by atoms with Crippen molar-refractivity contribution in [3.63, 3.8) is 0 Å². The number of hydrogen-bond acceptors (Lipinski definition) is 2. The Morgan fingerprint density at radius 2 is 1.94 bits per heavy atom.